The first-order chi connectivity index (χ1) is 8.26. The molecule has 0 heterocycles. The van der Waals surface area contributed by atoms with Gasteiger partial charge in [-0.2, -0.15) is 0 Å². The third-order valence-corrected chi connectivity index (χ3v) is 1.80. The summed E-state index contributed by atoms with van der Waals surface area (Å²) in [6.45, 7) is 6.19. The lowest BCUT2D eigenvalue weighted by atomic mass is 10.2. The number of carboxylic acid groups (broad SMARTS) is 1. The zero-order valence-corrected chi connectivity index (χ0v) is 11.3. The second-order valence-electron chi connectivity index (χ2n) is 4.66. The summed E-state index contributed by atoms with van der Waals surface area (Å²) < 4.78 is 10.1. The molecule has 0 fully saturated rings. The highest BCUT2D eigenvalue weighted by molar-refractivity contribution is 5.79. The van der Waals surface area contributed by atoms with Crippen LogP contribution in [0.5, 0.6) is 0 Å². The van der Waals surface area contributed by atoms with Crippen molar-refractivity contribution in [3.63, 3.8) is 0 Å². The molecule has 104 valence electrons. The van der Waals surface area contributed by atoms with Crippen LogP contribution in [0.2, 0.25) is 0 Å². The molecule has 0 saturated heterocycles. The molecule has 0 atom stereocenters. The topological polar surface area (TPSA) is 76.1 Å². The standard InChI is InChI=1S/C12H21NO5/c1-12(2,3)18-11(16)13(8-9-17-4)7-5-6-10(14)15/h5-6H,7-9H2,1-4H3,(H,14,15). The van der Waals surface area contributed by atoms with Crippen LogP contribution in [0.25, 0.3) is 0 Å². The number of hydrogen-bond acceptors (Lipinski definition) is 4. The predicted octanol–water partition coefficient (Wildman–Crippen LogP) is 1.51. The molecule has 0 unspecified atom stereocenters. The molecule has 0 rings (SSSR count). The average Bonchev–Trinajstić information content (AvgIpc) is 2.19. The third kappa shape index (κ3) is 8.58. The van der Waals surface area contributed by atoms with Gasteiger partial charge in [0.1, 0.15) is 5.60 Å². The molecular weight excluding hydrogens is 238 g/mol. The Hall–Kier alpha value is -1.56. The summed E-state index contributed by atoms with van der Waals surface area (Å²) in [5, 5.41) is 8.48. The Morgan fingerprint density at radius 3 is 2.39 bits per heavy atom. The lowest BCUT2D eigenvalue weighted by molar-refractivity contribution is -0.131. The van der Waals surface area contributed by atoms with Crippen molar-refractivity contribution in [3.05, 3.63) is 12.2 Å². The van der Waals surface area contributed by atoms with Gasteiger partial charge in [0.15, 0.2) is 0 Å². The second-order valence-corrected chi connectivity index (χ2v) is 4.66. The Labute approximate surface area is 107 Å². The minimum atomic E-state index is -1.05. The number of nitrogens with zero attached hydrogens (tertiary/aromatic N) is 1. The zero-order chi connectivity index (χ0) is 14.2. The van der Waals surface area contributed by atoms with Gasteiger partial charge >= 0.3 is 12.1 Å². The van der Waals surface area contributed by atoms with Crippen molar-refractivity contribution in [1.29, 1.82) is 0 Å². The van der Waals surface area contributed by atoms with Gasteiger partial charge in [-0.3, -0.25) is 0 Å². The molecule has 0 aromatic carbocycles. The number of amides is 1. The highest BCUT2D eigenvalue weighted by Gasteiger charge is 2.21. The van der Waals surface area contributed by atoms with Crippen molar-refractivity contribution in [2.75, 3.05) is 26.8 Å². The number of carbonyl (C=O) groups excluding carboxylic acids is 1. The molecule has 6 heteroatoms. The van der Waals surface area contributed by atoms with Crippen LogP contribution in [0, 0.1) is 0 Å². The first-order valence-electron chi connectivity index (χ1n) is 5.62. The van der Waals surface area contributed by atoms with Crippen LogP contribution in [-0.4, -0.2) is 54.5 Å². The Kier molecular flexibility index (Phi) is 7.04. The van der Waals surface area contributed by atoms with Crippen LogP contribution in [0.1, 0.15) is 20.8 Å². The van der Waals surface area contributed by atoms with Crippen LogP contribution < -0.4 is 0 Å². The highest BCUT2D eigenvalue weighted by Crippen LogP contribution is 2.09. The molecule has 0 aliphatic heterocycles. The normalized spacial score (nSPS) is 11.6. The fourth-order valence-corrected chi connectivity index (χ4v) is 1.07. The van der Waals surface area contributed by atoms with Crippen LogP contribution in [0.3, 0.4) is 0 Å². The summed E-state index contributed by atoms with van der Waals surface area (Å²) in [5.41, 5.74) is -0.584. The van der Waals surface area contributed by atoms with Crippen molar-refractivity contribution in [1.82, 2.24) is 4.90 Å². The van der Waals surface area contributed by atoms with Crippen molar-refractivity contribution < 1.29 is 24.2 Å². The molecule has 0 aromatic heterocycles. The predicted molar refractivity (Wildman–Crippen MR) is 66.5 cm³/mol. The summed E-state index contributed by atoms with van der Waals surface area (Å²) in [7, 11) is 1.53. The number of methoxy groups -OCH3 is 1. The minimum absolute atomic E-state index is 0.171. The van der Waals surface area contributed by atoms with E-state index in [1.807, 2.05) is 0 Å². The summed E-state index contributed by atoms with van der Waals surface area (Å²) in [6.07, 6.45) is 1.89. The molecule has 1 amide bonds. The molecule has 1 N–H and O–H groups in total. The largest absolute Gasteiger partial charge is 0.478 e. The summed E-state index contributed by atoms with van der Waals surface area (Å²) in [6, 6.07) is 0. The SMILES string of the molecule is COCCN(CC=CC(=O)O)C(=O)OC(C)(C)C. The van der Waals surface area contributed by atoms with E-state index in [1.54, 1.807) is 20.8 Å². The van der Waals surface area contributed by atoms with Crippen LogP contribution in [0.4, 0.5) is 4.79 Å². The number of aliphatic carboxylic acids is 1. The first kappa shape index (κ1) is 16.4. The molecule has 0 saturated carbocycles. The lowest BCUT2D eigenvalue weighted by Gasteiger charge is -2.26. The fraction of sp³-hybridized carbons (Fsp3) is 0.667. The van der Waals surface area contributed by atoms with Crippen molar-refractivity contribution in [2.45, 2.75) is 26.4 Å². The smallest absolute Gasteiger partial charge is 0.410 e. The molecule has 0 radical (unpaired) electrons. The molecule has 6 nitrogen and oxygen atoms in total. The Balaban J connectivity index is 4.46. The minimum Gasteiger partial charge on any atom is -0.478 e. The maximum Gasteiger partial charge on any atom is 0.410 e. The maximum absolute atomic E-state index is 11.8. The molecular formula is C12H21NO5. The summed E-state index contributed by atoms with van der Waals surface area (Å²) >= 11 is 0. The first-order valence-corrected chi connectivity index (χ1v) is 5.62. The number of hydrogen-bond donors (Lipinski definition) is 1. The number of carboxylic acids is 1. The van der Waals surface area contributed by atoms with E-state index in [0.29, 0.717) is 13.2 Å². The van der Waals surface area contributed by atoms with Gasteiger partial charge in [-0.25, -0.2) is 9.59 Å². The summed E-state index contributed by atoms with van der Waals surface area (Å²) in [4.78, 5) is 23.5. The van der Waals surface area contributed by atoms with Crippen molar-refractivity contribution in [3.8, 4) is 0 Å². The highest BCUT2D eigenvalue weighted by atomic mass is 16.6. The lowest BCUT2D eigenvalue weighted by Crippen LogP contribution is -2.38. The van der Waals surface area contributed by atoms with E-state index < -0.39 is 17.7 Å². The van der Waals surface area contributed by atoms with Gasteiger partial charge in [0.05, 0.1) is 6.61 Å². The van der Waals surface area contributed by atoms with Crippen molar-refractivity contribution >= 4 is 12.1 Å². The number of carbonyl (C=O) groups is 2. The molecule has 0 bridgehead atoms. The van der Waals surface area contributed by atoms with Gasteiger partial charge in [-0.05, 0) is 20.8 Å². The second kappa shape index (κ2) is 7.71. The van der Waals surface area contributed by atoms with Gasteiger partial charge in [-0.1, -0.05) is 6.08 Å². The van der Waals surface area contributed by atoms with E-state index in [1.165, 1.54) is 18.1 Å². The molecule has 0 aliphatic rings. The monoisotopic (exact) mass is 259 g/mol. The Bertz CT molecular complexity index is 306. The van der Waals surface area contributed by atoms with Gasteiger partial charge in [0.25, 0.3) is 0 Å². The van der Waals surface area contributed by atoms with Crippen LogP contribution >= 0.6 is 0 Å². The Morgan fingerprint density at radius 1 is 1.33 bits per heavy atom. The zero-order valence-electron chi connectivity index (χ0n) is 11.3. The number of ether oxygens (including phenoxy) is 2. The fourth-order valence-electron chi connectivity index (χ4n) is 1.07. The molecule has 18 heavy (non-hydrogen) atoms. The molecule has 0 spiro atoms. The van der Waals surface area contributed by atoms with E-state index in [9.17, 15) is 9.59 Å². The van der Waals surface area contributed by atoms with E-state index in [2.05, 4.69) is 0 Å². The van der Waals surface area contributed by atoms with E-state index in [0.717, 1.165) is 6.08 Å². The van der Waals surface area contributed by atoms with E-state index in [4.69, 9.17) is 14.6 Å². The van der Waals surface area contributed by atoms with Gasteiger partial charge in [0, 0.05) is 26.3 Å². The van der Waals surface area contributed by atoms with Crippen LogP contribution in [0.15, 0.2) is 12.2 Å². The third-order valence-electron chi connectivity index (χ3n) is 1.80. The maximum atomic E-state index is 11.8. The average molecular weight is 259 g/mol. The molecule has 0 aromatic rings. The number of rotatable bonds is 6. The van der Waals surface area contributed by atoms with Gasteiger partial charge < -0.3 is 19.5 Å². The quantitative estimate of drug-likeness (QED) is 0.732. The summed E-state index contributed by atoms with van der Waals surface area (Å²) in [5.74, 6) is -1.05. The van der Waals surface area contributed by atoms with Gasteiger partial charge in [-0.15, -0.1) is 0 Å². The molecule has 0 aliphatic carbocycles. The van der Waals surface area contributed by atoms with Crippen molar-refractivity contribution in [2.24, 2.45) is 0 Å². The Morgan fingerprint density at radius 2 is 1.94 bits per heavy atom. The van der Waals surface area contributed by atoms with Crippen LogP contribution in [-0.2, 0) is 14.3 Å². The van der Waals surface area contributed by atoms with E-state index in [-0.39, 0.29) is 6.54 Å². The van der Waals surface area contributed by atoms with Gasteiger partial charge in [0.2, 0.25) is 0 Å². The van der Waals surface area contributed by atoms with E-state index >= 15 is 0 Å².